The van der Waals surface area contributed by atoms with Crippen LogP contribution in [0.5, 0.6) is 0 Å². The van der Waals surface area contributed by atoms with Gasteiger partial charge < -0.3 is 14.1 Å². The van der Waals surface area contributed by atoms with Crippen LogP contribution in [-0.4, -0.2) is 25.8 Å². The quantitative estimate of drug-likeness (QED) is 0.866. The number of hydrogen-bond donors (Lipinski definition) is 0. The predicted octanol–water partition coefficient (Wildman–Crippen LogP) is 3.21. The molecule has 0 aliphatic carbocycles. The average Bonchev–Trinajstić information content (AvgIpc) is 2.55. The standard InChI is InChI=1S/C17H19N3O3/c1-4-20(5-2)14-8-7-12-9-13(11-18)16(23-15(12)10-14)19-17(21)22-6-3/h7-10H,4-6H2,1-3H3/b19-16+. The Hall–Kier alpha value is -2.81. The van der Waals surface area contributed by atoms with Gasteiger partial charge in [-0.1, -0.05) is 0 Å². The van der Waals surface area contributed by atoms with Gasteiger partial charge in [0, 0.05) is 30.2 Å². The van der Waals surface area contributed by atoms with Crippen LogP contribution in [0.1, 0.15) is 26.3 Å². The van der Waals surface area contributed by atoms with Gasteiger partial charge in [0.05, 0.1) is 6.61 Å². The molecule has 0 fully saturated rings. The highest BCUT2D eigenvalue weighted by Crippen LogP contribution is 2.21. The molecule has 23 heavy (non-hydrogen) atoms. The Balaban J connectivity index is 2.60. The van der Waals surface area contributed by atoms with E-state index in [9.17, 15) is 10.1 Å². The SMILES string of the molecule is CCOC(=O)/N=c1/oc2cc(N(CC)CC)ccc2cc1C#N. The van der Waals surface area contributed by atoms with Crippen molar-refractivity contribution in [3.05, 3.63) is 35.4 Å². The molecule has 2 rings (SSSR count). The number of nitrogens with zero attached hydrogens (tertiary/aromatic N) is 3. The largest absolute Gasteiger partial charge is 0.448 e. The van der Waals surface area contributed by atoms with Crippen LogP contribution in [0.4, 0.5) is 10.5 Å². The summed E-state index contributed by atoms with van der Waals surface area (Å²) in [6.07, 6.45) is -0.771. The minimum Gasteiger partial charge on any atom is -0.448 e. The number of ether oxygens (including phenoxy) is 1. The monoisotopic (exact) mass is 313 g/mol. The maximum atomic E-state index is 11.5. The van der Waals surface area contributed by atoms with Gasteiger partial charge in [-0.3, -0.25) is 0 Å². The molecule has 1 aromatic carbocycles. The topological polar surface area (TPSA) is 78.8 Å². The molecule has 1 amide bonds. The highest BCUT2D eigenvalue weighted by atomic mass is 16.5. The van der Waals surface area contributed by atoms with Crippen LogP contribution in [0.15, 0.2) is 33.7 Å². The fourth-order valence-corrected chi connectivity index (χ4v) is 2.29. The minimum absolute atomic E-state index is 0.0323. The number of carbonyl (C=O) groups is 1. The average molecular weight is 313 g/mol. The van der Waals surface area contributed by atoms with Crippen LogP contribution in [-0.2, 0) is 4.74 Å². The first kappa shape index (κ1) is 16.6. The molecule has 0 aliphatic rings. The Morgan fingerprint density at radius 2 is 2.04 bits per heavy atom. The number of nitriles is 1. The first-order chi connectivity index (χ1) is 11.1. The van der Waals surface area contributed by atoms with Gasteiger partial charge in [-0.15, -0.1) is 4.99 Å². The van der Waals surface area contributed by atoms with E-state index in [1.807, 2.05) is 24.3 Å². The molecular weight excluding hydrogens is 294 g/mol. The number of anilines is 1. The lowest BCUT2D eigenvalue weighted by atomic mass is 10.1. The summed E-state index contributed by atoms with van der Waals surface area (Å²) in [5.74, 6) is 0. The molecule has 120 valence electrons. The van der Waals surface area contributed by atoms with Crippen molar-refractivity contribution in [2.24, 2.45) is 4.99 Å². The van der Waals surface area contributed by atoms with E-state index in [1.165, 1.54) is 0 Å². The second-order valence-electron chi connectivity index (χ2n) is 4.78. The fraction of sp³-hybridized carbons (Fsp3) is 0.353. The normalized spacial score (nSPS) is 11.3. The Kier molecular flexibility index (Phi) is 5.36. The van der Waals surface area contributed by atoms with E-state index in [1.54, 1.807) is 13.0 Å². The molecule has 0 unspecified atom stereocenters. The molecular formula is C17H19N3O3. The van der Waals surface area contributed by atoms with E-state index in [4.69, 9.17) is 9.15 Å². The minimum atomic E-state index is -0.771. The Labute approximate surface area is 134 Å². The molecule has 0 saturated carbocycles. The van der Waals surface area contributed by atoms with E-state index >= 15 is 0 Å². The molecule has 6 heteroatoms. The van der Waals surface area contributed by atoms with Crippen molar-refractivity contribution >= 4 is 22.7 Å². The number of rotatable bonds is 4. The lowest BCUT2D eigenvalue weighted by Crippen LogP contribution is -2.21. The van der Waals surface area contributed by atoms with Gasteiger partial charge in [0.15, 0.2) is 0 Å². The first-order valence-electron chi connectivity index (χ1n) is 7.57. The predicted molar refractivity (Wildman–Crippen MR) is 87.1 cm³/mol. The van der Waals surface area contributed by atoms with Crippen LogP contribution in [0.3, 0.4) is 0 Å². The lowest BCUT2D eigenvalue weighted by Gasteiger charge is -2.20. The number of amides is 1. The smallest absolute Gasteiger partial charge is 0.436 e. The Morgan fingerprint density at radius 1 is 1.30 bits per heavy atom. The van der Waals surface area contributed by atoms with Crippen LogP contribution in [0, 0.1) is 11.3 Å². The van der Waals surface area contributed by atoms with Crippen LogP contribution in [0.25, 0.3) is 11.0 Å². The van der Waals surface area contributed by atoms with Crippen LogP contribution in [0.2, 0.25) is 0 Å². The zero-order valence-corrected chi connectivity index (χ0v) is 13.5. The molecule has 2 aromatic rings. The van der Waals surface area contributed by atoms with Crippen molar-refractivity contribution in [1.82, 2.24) is 0 Å². The molecule has 0 N–H and O–H groups in total. The zero-order chi connectivity index (χ0) is 16.8. The molecule has 1 aromatic heterocycles. The summed E-state index contributed by atoms with van der Waals surface area (Å²) in [5, 5.41) is 9.99. The summed E-state index contributed by atoms with van der Waals surface area (Å²) < 4.78 is 10.4. The summed E-state index contributed by atoms with van der Waals surface area (Å²) in [4.78, 5) is 17.4. The number of fused-ring (bicyclic) bond motifs is 1. The molecule has 0 bridgehead atoms. The van der Waals surface area contributed by atoms with E-state index < -0.39 is 6.09 Å². The van der Waals surface area contributed by atoms with Gasteiger partial charge in [-0.05, 0) is 39.0 Å². The van der Waals surface area contributed by atoms with E-state index in [2.05, 4.69) is 23.7 Å². The van der Waals surface area contributed by atoms with Crippen molar-refractivity contribution in [2.75, 3.05) is 24.6 Å². The maximum absolute atomic E-state index is 11.5. The van der Waals surface area contributed by atoms with Crippen LogP contribution >= 0.6 is 0 Å². The third kappa shape index (κ3) is 3.69. The van der Waals surface area contributed by atoms with Crippen molar-refractivity contribution in [1.29, 1.82) is 5.26 Å². The highest BCUT2D eigenvalue weighted by Gasteiger charge is 2.09. The summed E-state index contributed by atoms with van der Waals surface area (Å²) in [7, 11) is 0. The van der Waals surface area contributed by atoms with E-state index in [-0.39, 0.29) is 17.7 Å². The number of carbonyl (C=O) groups excluding carboxylic acids is 1. The third-order valence-electron chi connectivity index (χ3n) is 3.44. The van der Waals surface area contributed by atoms with Crippen molar-refractivity contribution in [2.45, 2.75) is 20.8 Å². The van der Waals surface area contributed by atoms with Crippen molar-refractivity contribution in [3.8, 4) is 6.07 Å². The van der Waals surface area contributed by atoms with Gasteiger partial charge >= 0.3 is 6.09 Å². The first-order valence-corrected chi connectivity index (χ1v) is 7.57. The molecule has 0 radical (unpaired) electrons. The molecule has 0 spiro atoms. The number of benzene rings is 1. The lowest BCUT2D eigenvalue weighted by molar-refractivity contribution is 0.161. The second-order valence-corrected chi connectivity index (χ2v) is 4.78. The maximum Gasteiger partial charge on any atom is 0.436 e. The van der Waals surface area contributed by atoms with Gasteiger partial charge in [0.2, 0.25) is 5.55 Å². The summed E-state index contributed by atoms with van der Waals surface area (Å²) >= 11 is 0. The molecule has 0 aliphatic heterocycles. The fourth-order valence-electron chi connectivity index (χ4n) is 2.29. The van der Waals surface area contributed by atoms with Crippen LogP contribution < -0.4 is 10.5 Å². The van der Waals surface area contributed by atoms with Crippen molar-refractivity contribution in [3.63, 3.8) is 0 Å². The molecule has 6 nitrogen and oxygen atoms in total. The Bertz CT molecular complexity index is 814. The summed E-state index contributed by atoms with van der Waals surface area (Å²) in [6, 6.07) is 9.40. The third-order valence-corrected chi connectivity index (χ3v) is 3.44. The van der Waals surface area contributed by atoms with E-state index in [0.29, 0.717) is 5.58 Å². The summed E-state index contributed by atoms with van der Waals surface area (Å²) in [5.41, 5.74) is 1.74. The van der Waals surface area contributed by atoms with Gasteiger partial charge in [-0.2, -0.15) is 5.26 Å². The molecule has 1 heterocycles. The molecule has 0 saturated heterocycles. The van der Waals surface area contributed by atoms with Crippen molar-refractivity contribution < 1.29 is 13.9 Å². The highest BCUT2D eigenvalue weighted by molar-refractivity contribution is 5.81. The second kappa shape index (κ2) is 7.45. The van der Waals surface area contributed by atoms with E-state index in [0.717, 1.165) is 24.2 Å². The van der Waals surface area contributed by atoms with Gasteiger partial charge in [-0.25, -0.2) is 4.79 Å². The summed E-state index contributed by atoms with van der Waals surface area (Å²) in [6.45, 7) is 7.80. The zero-order valence-electron chi connectivity index (χ0n) is 13.5. The Morgan fingerprint density at radius 3 is 2.65 bits per heavy atom. The van der Waals surface area contributed by atoms with Gasteiger partial charge in [0.1, 0.15) is 17.2 Å². The van der Waals surface area contributed by atoms with Gasteiger partial charge in [0.25, 0.3) is 0 Å². The number of hydrogen-bond acceptors (Lipinski definition) is 5. The molecule has 0 atom stereocenters.